The maximum Gasteiger partial charge on any atom is 0.190 e. The number of aromatic nitrogens is 2. The first-order valence-corrected chi connectivity index (χ1v) is 10.0. The third-order valence-electron chi connectivity index (χ3n) is 5.21. The van der Waals surface area contributed by atoms with E-state index >= 15 is 0 Å². The molecule has 1 aromatic heterocycles. The van der Waals surface area contributed by atoms with Crippen molar-refractivity contribution in [2.24, 2.45) is 0 Å². The summed E-state index contributed by atoms with van der Waals surface area (Å²) in [6.07, 6.45) is 3.35. The van der Waals surface area contributed by atoms with E-state index in [2.05, 4.69) is 23.1 Å². The molecule has 0 aliphatic carbocycles. The van der Waals surface area contributed by atoms with Crippen molar-refractivity contribution in [1.82, 2.24) is 20.2 Å². The molecule has 0 radical (unpaired) electrons. The summed E-state index contributed by atoms with van der Waals surface area (Å²) in [5.41, 5.74) is 0.635. The number of hydrogen-bond acceptors (Lipinski definition) is 6. The Labute approximate surface area is 183 Å². The zero-order valence-electron chi connectivity index (χ0n) is 15.9. The SMILES string of the molecule is C=CC(=O)[C@@]1(c2nc(-c3ccc(Cl)cc3)c3ccc(Cl)cc3n2)CNCCN1C#N. The van der Waals surface area contributed by atoms with Crippen LogP contribution in [0.3, 0.4) is 0 Å². The average molecular weight is 438 g/mol. The molecular weight excluding hydrogens is 421 g/mol. The molecule has 1 aliphatic heterocycles. The van der Waals surface area contributed by atoms with Gasteiger partial charge in [-0.3, -0.25) is 9.69 Å². The number of piperazine rings is 1. The second-order valence-corrected chi connectivity index (χ2v) is 7.79. The molecule has 2 aromatic carbocycles. The van der Waals surface area contributed by atoms with Crippen molar-refractivity contribution in [3.63, 3.8) is 0 Å². The van der Waals surface area contributed by atoms with Gasteiger partial charge in [-0.1, -0.05) is 41.9 Å². The first-order chi connectivity index (χ1) is 14.5. The Hall–Kier alpha value is -2.98. The van der Waals surface area contributed by atoms with E-state index in [-0.39, 0.29) is 18.2 Å². The van der Waals surface area contributed by atoms with Crippen LogP contribution in [0.2, 0.25) is 10.0 Å². The Morgan fingerprint density at radius 1 is 1.20 bits per heavy atom. The van der Waals surface area contributed by atoms with Gasteiger partial charge in [-0.15, -0.1) is 0 Å². The maximum absolute atomic E-state index is 13.1. The summed E-state index contributed by atoms with van der Waals surface area (Å²) in [4.78, 5) is 24.0. The predicted octanol–water partition coefficient (Wildman–Crippen LogP) is 3.94. The summed E-state index contributed by atoms with van der Waals surface area (Å²) in [5.74, 6) is -0.124. The van der Waals surface area contributed by atoms with E-state index in [1.807, 2.05) is 18.2 Å². The molecular formula is C22H17Cl2N5O. The van der Waals surface area contributed by atoms with Crippen molar-refractivity contribution in [1.29, 1.82) is 5.26 Å². The van der Waals surface area contributed by atoms with Gasteiger partial charge in [-0.25, -0.2) is 9.97 Å². The van der Waals surface area contributed by atoms with E-state index in [9.17, 15) is 10.1 Å². The molecule has 0 spiro atoms. The van der Waals surface area contributed by atoms with Crippen molar-refractivity contribution in [3.05, 3.63) is 71.0 Å². The lowest BCUT2D eigenvalue weighted by atomic mass is 9.88. The predicted molar refractivity (Wildman–Crippen MR) is 117 cm³/mol. The van der Waals surface area contributed by atoms with Gasteiger partial charge >= 0.3 is 0 Å². The molecule has 0 saturated carbocycles. The van der Waals surface area contributed by atoms with Gasteiger partial charge in [0.15, 0.2) is 23.3 Å². The topological polar surface area (TPSA) is 81.9 Å². The van der Waals surface area contributed by atoms with Crippen LogP contribution in [0.4, 0.5) is 0 Å². The minimum absolute atomic E-state index is 0.192. The number of ketones is 1. The molecule has 6 nitrogen and oxygen atoms in total. The van der Waals surface area contributed by atoms with Gasteiger partial charge in [0.2, 0.25) is 0 Å². The monoisotopic (exact) mass is 437 g/mol. The molecule has 1 aliphatic rings. The Bertz CT molecular complexity index is 1190. The molecule has 150 valence electrons. The lowest BCUT2D eigenvalue weighted by molar-refractivity contribution is -0.126. The molecule has 0 amide bonds. The summed E-state index contributed by atoms with van der Waals surface area (Å²) >= 11 is 12.3. The highest BCUT2D eigenvalue weighted by molar-refractivity contribution is 6.31. The number of halogens is 2. The van der Waals surface area contributed by atoms with E-state index in [0.29, 0.717) is 34.3 Å². The van der Waals surface area contributed by atoms with Crippen molar-refractivity contribution in [2.75, 3.05) is 19.6 Å². The number of carbonyl (C=O) groups is 1. The van der Waals surface area contributed by atoms with Crippen LogP contribution in [0.25, 0.3) is 22.2 Å². The third kappa shape index (κ3) is 3.31. The number of nitriles is 1. The molecule has 0 bridgehead atoms. The van der Waals surface area contributed by atoms with Crippen LogP contribution in [0.1, 0.15) is 5.82 Å². The fraction of sp³-hybridized carbons (Fsp3) is 0.182. The first kappa shape index (κ1) is 20.3. The Kier molecular flexibility index (Phi) is 5.44. The second-order valence-electron chi connectivity index (χ2n) is 6.92. The molecule has 1 saturated heterocycles. The Balaban J connectivity index is 2.05. The number of nitrogens with zero attached hydrogens (tertiary/aromatic N) is 4. The fourth-order valence-corrected chi connectivity index (χ4v) is 3.99. The van der Waals surface area contributed by atoms with Crippen molar-refractivity contribution in [3.8, 4) is 17.5 Å². The number of rotatable bonds is 4. The Morgan fingerprint density at radius 3 is 2.63 bits per heavy atom. The van der Waals surface area contributed by atoms with Gasteiger partial charge in [0.1, 0.15) is 0 Å². The van der Waals surface area contributed by atoms with E-state index in [0.717, 1.165) is 10.9 Å². The first-order valence-electron chi connectivity index (χ1n) is 9.28. The summed E-state index contributed by atoms with van der Waals surface area (Å²) in [7, 11) is 0. The summed E-state index contributed by atoms with van der Waals surface area (Å²) in [6.45, 7) is 4.75. The van der Waals surface area contributed by atoms with Gasteiger partial charge in [0.05, 0.1) is 11.2 Å². The lowest BCUT2D eigenvalue weighted by Gasteiger charge is -2.41. The van der Waals surface area contributed by atoms with Crippen molar-refractivity contribution >= 4 is 39.9 Å². The van der Waals surface area contributed by atoms with E-state index in [4.69, 9.17) is 28.2 Å². The normalized spacial score (nSPS) is 18.8. The van der Waals surface area contributed by atoms with Crippen LogP contribution in [0.5, 0.6) is 0 Å². The number of hydrogen-bond donors (Lipinski definition) is 1. The van der Waals surface area contributed by atoms with E-state index in [1.54, 1.807) is 24.3 Å². The third-order valence-corrected chi connectivity index (χ3v) is 5.70. The summed E-state index contributed by atoms with van der Waals surface area (Å²) in [5, 5.41) is 14.9. The minimum atomic E-state index is -1.38. The highest BCUT2D eigenvalue weighted by Gasteiger charge is 2.49. The van der Waals surface area contributed by atoms with E-state index in [1.165, 1.54) is 11.0 Å². The molecule has 8 heteroatoms. The van der Waals surface area contributed by atoms with Gasteiger partial charge in [0.25, 0.3) is 0 Å². The lowest BCUT2D eigenvalue weighted by Crippen LogP contribution is -2.61. The average Bonchev–Trinajstić information content (AvgIpc) is 2.77. The molecule has 3 aromatic rings. The Morgan fingerprint density at radius 2 is 1.93 bits per heavy atom. The number of benzene rings is 2. The van der Waals surface area contributed by atoms with Crippen LogP contribution in [-0.2, 0) is 10.3 Å². The maximum atomic E-state index is 13.1. The van der Waals surface area contributed by atoms with Gasteiger partial charge in [0, 0.05) is 40.6 Å². The second kappa shape index (κ2) is 8.04. The van der Waals surface area contributed by atoms with Crippen LogP contribution >= 0.6 is 23.2 Å². The zero-order valence-corrected chi connectivity index (χ0v) is 17.4. The highest BCUT2D eigenvalue weighted by Crippen LogP contribution is 2.34. The summed E-state index contributed by atoms with van der Waals surface area (Å²) < 4.78 is 0. The van der Waals surface area contributed by atoms with Gasteiger partial charge in [-0.2, -0.15) is 5.26 Å². The smallest absolute Gasteiger partial charge is 0.190 e. The van der Waals surface area contributed by atoms with Crippen LogP contribution in [0.15, 0.2) is 55.1 Å². The van der Waals surface area contributed by atoms with Crippen LogP contribution in [0, 0.1) is 11.5 Å². The standard InChI is InChI=1S/C22H17Cl2N5O/c1-2-19(30)22(12-26-9-10-29(22)13-25)21-27-18-11-16(24)7-8-17(18)20(28-21)14-3-5-15(23)6-4-14/h2-8,11,26H,1,9-10,12H2/t22-/m1/s1. The van der Waals surface area contributed by atoms with Crippen LogP contribution < -0.4 is 5.32 Å². The van der Waals surface area contributed by atoms with Crippen LogP contribution in [-0.4, -0.2) is 40.3 Å². The fourth-order valence-electron chi connectivity index (χ4n) is 3.70. The molecule has 4 rings (SSSR count). The minimum Gasteiger partial charge on any atom is -0.312 e. The van der Waals surface area contributed by atoms with Crippen molar-refractivity contribution < 1.29 is 4.79 Å². The number of fused-ring (bicyclic) bond motifs is 1. The number of carbonyl (C=O) groups excluding carboxylic acids is 1. The number of nitrogens with one attached hydrogen (secondary N) is 1. The molecule has 1 atom stereocenters. The largest absolute Gasteiger partial charge is 0.312 e. The molecule has 2 heterocycles. The van der Waals surface area contributed by atoms with E-state index < -0.39 is 5.54 Å². The molecule has 30 heavy (non-hydrogen) atoms. The zero-order chi connectivity index (χ0) is 21.3. The van der Waals surface area contributed by atoms with Gasteiger partial charge < -0.3 is 5.32 Å². The molecule has 0 unspecified atom stereocenters. The van der Waals surface area contributed by atoms with Gasteiger partial charge in [-0.05, 0) is 36.4 Å². The quantitative estimate of drug-likeness (QED) is 0.491. The molecule has 1 N–H and O–H groups in total. The van der Waals surface area contributed by atoms with Crippen molar-refractivity contribution in [2.45, 2.75) is 5.54 Å². The highest BCUT2D eigenvalue weighted by atomic mass is 35.5. The molecule has 1 fully saturated rings. The summed E-state index contributed by atoms with van der Waals surface area (Å²) in [6, 6.07) is 12.6.